The van der Waals surface area contributed by atoms with Crippen molar-refractivity contribution in [2.75, 3.05) is 72.6 Å². The van der Waals surface area contributed by atoms with Crippen LogP contribution in [0.15, 0.2) is 48.5 Å². The third kappa shape index (κ3) is 6.14. The first-order valence-electron chi connectivity index (χ1n) is 12.4. The van der Waals surface area contributed by atoms with Crippen molar-refractivity contribution in [2.24, 2.45) is 0 Å². The Morgan fingerprint density at radius 1 is 0.912 bits per heavy atom. The van der Waals surface area contributed by atoms with Gasteiger partial charge in [-0.05, 0) is 31.0 Å². The number of hydrogen-bond donors (Lipinski definition) is 0. The van der Waals surface area contributed by atoms with Crippen LogP contribution in [-0.4, -0.2) is 98.1 Å². The van der Waals surface area contributed by atoms with Crippen molar-refractivity contribution < 1.29 is 13.9 Å². The Balaban J connectivity index is 1.19. The van der Waals surface area contributed by atoms with Gasteiger partial charge in [0.2, 0.25) is 5.91 Å². The first kappa shape index (κ1) is 24.6. The maximum absolute atomic E-state index is 14.5. The largest absolute Gasteiger partial charge is 0.496 e. The van der Waals surface area contributed by atoms with E-state index in [9.17, 15) is 9.18 Å². The zero-order valence-corrected chi connectivity index (χ0v) is 20.5. The van der Waals surface area contributed by atoms with Crippen LogP contribution in [0.25, 0.3) is 0 Å². The van der Waals surface area contributed by atoms with Crippen LogP contribution in [0.3, 0.4) is 0 Å². The van der Waals surface area contributed by atoms with Crippen molar-refractivity contribution >= 4 is 5.91 Å². The number of nitrogens with zero attached hydrogens (tertiary/aromatic N) is 4. The molecule has 1 unspecified atom stereocenters. The van der Waals surface area contributed by atoms with E-state index in [2.05, 4.69) is 45.0 Å². The summed E-state index contributed by atoms with van der Waals surface area (Å²) in [5.74, 6) is 0.538. The average molecular weight is 469 g/mol. The fourth-order valence-electron chi connectivity index (χ4n) is 5.04. The lowest BCUT2D eigenvalue weighted by Crippen LogP contribution is -2.54. The highest BCUT2D eigenvalue weighted by Gasteiger charge is 2.29. The molecule has 0 radical (unpaired) electrons. The third-order valence-corrected chi connectivity index (χ3v) is 7.25. The van der Waals surface area contributed by atoms with Gasteiger partial charge < -0.3 is 14.5 Å². The summed E-state index contributed by atoms with van der Waals surface area (Å²) in [5.41, 5.74) is 1.97. The lowest BCUT2D eigenvalue weighted by Gasteiger charge is -2.40. The summed E-state index contributed by atoms with van der Waals surface area (Å²) in [4.78, 5) is 21.9. The fourth-order valence-corrected chi connectivity index (χ4v) is 5.04. The number of ether oxygens (including phenoxy) is 1. The molecule has 34 heavy (non-hydrogen) atoms. The zero-order chi connectivity index (χ0) is 23.9. The lowest BCUT2D eigenvalue weighted by atomic mass is 10.0. The van der Waals surface area contributed by atoms with E-state index in [1.54, 1.807) is 19.2 Å². The second-order valence-electron chi connectivity index (χ2n) is 9.30. The van der Waals surface area contributed by atoms with E-state index >= 15 is 0 Å². The molecule has 1 amide bonds. The number of amides is 1. The molecule has 1 atom stereocenters. The van der Waals surface area contributed by atoms with Crippen LogP contribution >= 0.6 is 0 Å². The minimum atomic E-state index is -0.242. The first-order chi connectivity index (χ1) is 16.5. The van der Waals surface area contributed by atoms with Gasteiger partial charge in [0.05, 0.1) is 13.7 Å². The molecule has 0 bridgehead atoms. The Morgan fingerprint density at radius 3 is 2.26 bits per heavy atom. The van der Waals surface area contributed by atoms with E-state index in [-0.39, 0.29) is 17.8 Å². The first-order valence-corrected chi connectivity index (χ1v) is 12.4. The number of rotatable bonds is 8. The van der Waals surface area contributed by atoms with Gasteiger partial charge in [-0.25, -0.2) is 4.39 Å². The van der Waals surface area contributed by atoms with Crippen LogP contribution in [0.2, 0.25) is 0 Å². The van der Waals surface area contributed by atoms with Gasteiger partial charge in [-0.1, -0.05) is 36.4 Å². The number of carbonyl (C=O) groups excluding carboxylic acids is 1. The van der Waals surface area contributed by atoms with Crippen LogP contribution in [-0.2, 0) is 11.2 Å². The molecule has 184 valence electrons. The molecule has 7 heteroatoms. The Labute approximate surface area is 202 Å². The van der Waals surface area contributed by atoms with Crippen molar-refractivity contribution in [2.45, 2.75) is 19.4 Å². The molecule has 6 nitrogen and oxygen atoms in total. The quantitative estimate of drug-likeness (QED) is 0.596. The number of piperazine rings is 2. The molecule has 0 aliphatic carbocycles. The Bertz CT molecular complexity index is 925. The normalized spacial score (nSPS) is 19.2. The number of benzene rings is 2. The molecular formula is C27H37FN4O2. The van der Waals surface area contributed by atoms with Crippen LogP contribution in [0.5, 0.6) is 5.75 Å². The van der Waals surface area contributed by atoms with Gasteiger partial charge in [-0.2, -0.15) is 0 Å². The molecule has 0 spiro atoms. The van der Waals surface area contributed by atoms with E-state index in [1.807, 2.05) is 11.8 Å². The molecule has 2 aliphatic heterocycles. The average Bonchev–Trinajstić information content (AvgIpc) is 2.88. The summed E-state index contributed by atoms with van der Waals surface area (Å²) in [5, 5.41) is 0. The van der Waals surface area contributed by atoms with Crippen LogP contribution < -0.4 is 4.74 Å². The molecule has 0 saturated carbocycles. The fraction of sp³-hybridized carbons (Fsp3) is 0.519. The highest BCUT2D eigenvalue weighted by molar-refractivity contribution is 5.78. The predicted molar refractivity (Wildman–Crippen MR) is 133 cm³/mol. The van der Waals surface area contributed by atoms with E-state index in [0.29, 0.717) is 30.9 Å². The molecule has 2 aromatic carbocycles. The molecule has 2 heterocycles. The van der Waals surface area contributed by atoms with E-state index in [1.165, 1.54) is 11.6 Å². The minimum absolute atomic E-state index is 0.0997. The Kier molecular flexibility index (Phi) is 8.53. The van der Waals surface area contributed by atoms with Crippen molar-refractivity contribution in [3.05, 3.63) is 65.5 Å². The van der Waals surface area contributed by atoms with Gasteiger partial charge in [0, 0.05) is 70.5 Å². The highest BCUT2D eigenvalue weighted by atomic mass is 19.1. The monoisotopic (exact) mass is 468 g/mol. The lowest BCUT2D eigenvalue weighted by molar-refractivity contribution is -0.135. The summed E-state index contributed by atoms with van der Waals surface area (Å²) < 4.78 is 19.9. The van der Waals surface area contributed by atoms with Crippen molar-refractivity contribution in [1.82, 2.24) is 19.6 Å². The van der Waals surface area contributed by atoms with Crippen LogP contribution in [0.4, 0.5) is 4.39 Å². The molecular weight excluding hydrogens is 431 g/mol. The Morgan fingerprint density at radius 2 is 1.59 bits per heavy atom. The minimum Gasteiger partial charge on any atom is -0.496 e. The van der Waals surface area contributed by atoms with Crippen molar-refractivity contribution in [3.63, 3.8) is 0 Å². The van der Waals surface area contributed by atoms with Crippen molar-refractivity contribution in [1.29, 1.82) is 0 Å². The van der Waals surface area contributed by atoms with E-state index in [4.69, 9.17) is 4.74 Å². The van der Waals surface area contributed by atoms with Gasteiger partial charge in [-0.15, -0.1) is 0 Å². The maximum atomic E-state index is 14.5. The van der Waals surface area contributed by atoms with Gasteiger partial charge in [-0.3, -0.25) is 14.6 Å². The Hall–Kier alpha value is -2.48. The van der Waals surface area contributed by atoms with Gasteiger partial charge in [0.25, 0.3) is 0 Å². The van der Waals surface area contributed by atoms with Crippen LogP contribution in [0.1, 0.15) is 24.1 Å². The molecule has 2 fully saturated rings. The summed E-state index contributed by atoms with van der Waals surface area (Å²) in [6.45, 7) is 10.3. The van der Waals surface area contributed by atoms with E-state index < -0.39 is 0 Å². The molecule has 4 rings (SSSR count). The number of methoxy groups -OCH3 is 1. The summed E-state index contributed by atoms with van der Waals surface area (Å²) in [6.07, 6.45) is 1.07. The number of hydrogen-bond acceptors (Lipinski definition) is 5. The molecule has 2 saturated heterocycles. The van der Waals surface area contributed by atoms with Crippen LogP contribution in [0, 0.1) is 5.82 Å². The smallest absolute Gasteiger partial charge is 0.236 e. The second kappa shape index (κ2) is 11.8. The number of halogens is 1. The van der Waals surface area contributed by atoms with Gasteiger partial charge >= 0.3 is 0 Å². The molecule has 2 aliphatic rings. The summed E-state index contributed by atoms with van der Waals surface area (Å²) in [6, 6.07) is 15.5. The van der Waals surface area contributed by atoms with Crippen molar-refractivity contribution in [3.8, 4) is 5.75 Å². The summed E-state index contributed by atoms with van der Waals surface area (Å²) in [7, 11) is 1.57. The topological polar surface area (TPSA) is 39.3 Å². The second-order valence-corrected chi connectivity index (χ2v) is 9.30. The van der Waals surface area contributed by atoms with Gasteiger partial charge in [0.1, 0.15) is 11.6 Å². The summed E-state index contributed by atoms with van der Waals surface area (Å²) >= 11 is 0. The SMILES string of the molecule is COc1cccc(F)c1C(C)N1CCN(C(=O)CN2CCN(CCc3ccccc3)CC2)CC1. The standard InChI is InChI=1S/C27H37FN4O2/c1-22(27-24(28)9-6-10-25(27)34-2)31-17-19-32(20-18-31)26(33)21-30-15-13-29(14-16-30)12-11-23-7-4-3-5-8-23/h3-10,22H,11-21H2,1-2H3. The molecule has 0 N–H and O–H groups in total. The molecule has 2 aromatic rings. The zero-order valence-electron chi connectivity index (χ0n) is 20.5. The predicted octanol–water partition coefficient (Wildman–Crippen LogP) is 2.90. The van der Waals surface area contributed by atoms with E-state index in [0.717, 1.165) is 52.2 Å². The maximum Gasteiger partial charge on any atom is 0.236 e. The highest BCUT2D eigenvalue weighted by Crippen LogP contribution is 2.32. The number of carbonyl (C=O) groups is 1. The van der Waals surface area contributed by atoms with Gasteiger partial charge in [0.15, 0.2) is 0 Å². The third-order valence-electron chi connectivity index (χ3n) is 7.25. The molecule has 0 aromatic heterocycles.